The molecule has 3 rings (SSSR count). The minimum atomic E-state index is -1.08. The molecule has 0 aliphatic rings. The summed E-state index contributed by atoms with van der Waals surface area (Å²) in [6, 6.07) is 16.1. The molecule has 0 amide bonds. The van der Waals surface area contributed by atoms with Crippen LogP contribution >= 0.6 is 23.2 Å². The number of benzene rings is 2. The molecular formula is C23H23Cl2N5O4. The normalized spacial score (nSPS) is 10.6. The van der Waals surface area contributed by atoms with Gasteiger partial charge in [0.15, 0.2) is 18.9 Å². The van der Waals surface area contributed by atoms with Gasteiger partial charge in [0.1, 0.15) is 5.69 Å². The Morgan fingerprint density at radius 2 is 1.62 bits per heavy atom. The third kappa shape index (κ3) is 9.62. The van der Waals surface area contributed by atoms with Gasteiger partial charge in [-0.15, -0.1) is 5.11 Å². The zero-order valence-electron chi connectivity index (χ0n) is 18.4. The molecule has 1 heterocycles. The average Bonchev–Trinajstić information content (AvgIpc) is 2.79. The van der Waals surface area contributed by atoms with Crippen LogP contribution in [0.15, 0.2) is 77.2 Å². The fraction of sp³-hybridized carbons (Fsp3) is 0.217. The van der Waals surface area contributed by atoms with Crippen molar-refractivity contribution in [1.29, 1.82) is 0 Å². The molecule has 9 nitrogen and oxygen atoms in total. The van der Waals surface area contributed by atoms with Gasteiger partial charge in [0.25, 0.3) is 5.69 Å². The van der Waals surface area contributed by atoms with Crippen molar-refractivity contribution < 1.29 is 19.4 Å². The number of carbonyl (C=O) groups excluding carboxylic acids is 1. The Morgan fingerprint density at radius 1 is 1.03 bits per heavy atom. The van der Waals surface area contributed by atoms with Crippen LogP contribution in [-0.4, -0.2) is 24.0 Å². The van der Waals surface area contributed by atoms with E-state index >= 15 is 0 Å². The van der Waals surface area contributed by atoms with Crippen molar-refractivity contribution in [2.24, 2.45) is 10.2 Å². The third-order valence-corrected chi connectivity index (χ3v) is 4.91. The molecule has 34 heavy (non-hydrogen) atoms. The number of carboxylic acids is 1. The van der Waals surface area contributed by atoms with E-state index in [1.54, 1.807) is 0 Å². The summed E-state index contributed by atoms with van der Waals surface area (Å²) in [5, 5.41) is 31.5. The number of nitro groups is 1. The number of hydrogen-bond acceptors (Lipinski definition) is 7. The van der Waals surface area contributed by atoms with Crippen molar-refractivity contribution in [1.82, 2.24) is 5.32 Å². The molecule has 0 saturated heterocycles. The molecule has 1 N–H and O–H groups in total. The topological polar surface area (TPSA) is 124 Å². The highest BCUT2D eigenvalue weighted by Crippen LogP contribution is 2.37. The van der Waals surface area contributed by atoms with Gasteiger partial charge in [-0.05, 0) is 37.6 Å². The summed E-state index contributed by atoms with van der Waals surface area (Å²) in [7, 11) is 0. The molecule has 178 valence electrons. The van der Waals surface area contributed by atoms with Crippen LogP contribution in [-0.2, 0) is 17.8 Å². The van der Waals surface area contributed by atoms with Gasteiger partial charge in [-0.1, -0.05) is 41.4 Å². The molecule has 0 atom stereocenters. The van der Waals surface area contributed by atoms with Crippen LogP contribution in [0, 0.1) is 10.1 Å². The van der Waals surface area contributed by atoms with E-state index in [0.29, 0.717) is 5.69 Å². The fourth-order valence-corrected chi connectivity index (χ4v) is 3.29. The van der Waals surface area contributed by atoms with Gasteiger partial charge in [0.05, 0.1) is 27.2 Å². The monoisotopic (exact) mass is 503 g/mol. The number of non-ortho nitro benzene ring substituents is 1. The third-order valence-electron chi connectivity index (χ3n) is 4.33. The lowest BCUT2D eigenvalue weighted by molar-refractivity contribution is -0.695. The summed E-state index contributed by atoms with van der Waals surface area (Å²) < 4.78 is 2.14. The van der Waals surface area contributed by atoms with E-state index < -0.39 is 10.9 Å². The number of nitrogens with zero attached hydrogens (tertiary/aromatic N) is 4. The van der Waals surface area contributed by atoms with E-state index in [1.807, 2.05) is 54.9 Å². The molecule has 3 aromatic rings. The van der Waals surface area contributed by atoms with Crippen molar-refractivity contribution in [3.05, 3.63) is 92.7 Å². The van der Waals surface area contributed by atoms with E-state index in [0.717, 1.165) is 33.0 Å². The molecule has 1 aromatic heterocycles. The minimum Gasteiger partial charge on any atom is -0.550 e. The summed E-state index contributed by atoms with van der Waals surface area (Å²) in [5.41, 5.74) is 1.83. The van der Waals surface area contributed by atoms with Gasteiger partial charge in [0.2, 0.25) is 0 Å². The van der Waals surface area contributed by atoms with Gasteiger partial charge in [-0.3, -0.25) is 10.1 Å². The highest BCUT2D eigenvalue weighted by Gasteiger charge is 2.14. The summed E-state index contributed by atoms with van der Waals surface area (Å²) in [5.74, 6) is -1.08. The van der Waals surface area contributed by atoms with Gasteiger partial charge in [-0.25, -0.2) is 4.57 Å². The van der Waals surface area contributed by atoms with Crippen LogP contribution in [0.1, 0.15) is 12.5 Å². The second-order valence-electron chi connectivity index (χ2n) is 6.99. The fourth-order valence-electron chi connectivity index (χ4n) is 2.74. The number of pyridine rings is 1. The second-order valence-corrected chi connectivity index (χ2v) is 7.80. The Kier molecular flexibility index (Phi) is 11.0. The number of hydrogen-bond donors (Lipinski definition) is 1. The number of carbonyl (C=O) groups is 1. The lowest BCUT2D eigenvalue weighted by Crippen LogP contribution is -2.38. The standard InChI is InChI=1S/C21H20Cl2N5O2.C2H4O2/c22-19-14-18(28(29)30)15-20(23)21(19)26-25-17-6-4-16(5-7-17)8-9-24-10-13-27-11-2-1-3-12-27;1-2(3)4/h1-7,11-12,14-15,24H,8-10,13H2;1H3,(H,3,4)/q+1;/p-1. The first kappa shape index (κ1) is 26.8. The highest BCUT2D eigenvalue weighted by atomic mass is 35.5. The molecule has 0 unspecified atom stereocenters. The smallest absolute Gasteiger partial charge is 0.272 e. The molecule has 0 fully saturated rings. The summed E-state index contributed by atoms with van der Waals surface area (Å²) >= 11 is 12.1. The van der Waals surface area contributed by atoms with Gasteiger partial charge in [-0.2, -0.15) is 5.11 Å². The first-order valence-electron chi connectivity index (χ1n) is 10.2. The molecule has 0 aliphatic carbocycles. The average molecular weight is 504 g/mol. The lowest BCUT2D eigenvalue weighted by Gasteiger charge is -2.04. The van der Waals surface area contributed by atoms with Crippen molar-refractivity contribution in [2.45, 2.75) is 19.9 Å². The van der Waals surface area contributed by atoms with E-state index in [4.69, 9.17) is 33.1 Å². The Morgan fingerprint density at radius 3 is 2.18 bits per heavy atom. The Balaban J connectivity index is 0.000000945. The number of rotatable bonds is 9. The molecule has 0 bridgehead atoms. The maximum atomic E-state index is 10.8. The Hall–Kier alpha value is -3.40. The lowest BCUT2D eigenvalue weighted by atomic mass is 10.1. The quantitative estimate of drug-likeness (QED) is 0.154. The SMILES string of the molecule is CC(=O)[O-].O=[N+]([O-])c1cc(Cl)c(N=Nc2ccc(CCNCC[n+]3ccccc3)cc2)c(Cl)c1. The predicted molar refractivity (Wildman–Crippen MR) is 128 cm³/mol. The van der Waals surface area contributed by atoms with Crippen molar-refractivity contribution in [2.75, 3.05) is 13.1 Å². The van der Waals surface area contributed by atoms with Crippen LogP contribution in [0.5, 0.6) is 0 Å². The Bertz CT molecular complexity index is 1100. The highest BCUT2D eigenvalue weighted by molar-refractivity contribution is 6.39. The number of azo groups is 1. The maximum Gasteiger partial charge on any atom is 0.272 e. The van der Waals surface area contributed by atoms with Crippen molar-refractivity contribution in [3.8, 4) is 0 Å². The van der Waals surface area contributed by atoms with Crippen LogP contribution in [0.25, 0.3) is 0 Å². The number of aliphatic carboxylic acids is 1. The predicted octanol–water partition coefficient (Wildman–Crippen LogP) is 4.19. The van der Waals surface area contributed by atoms with Crippen molar-refractivity contribution >= 4 is 46.2 Å². The first-order chi connectivity index (χ1) is 16.3. The van der Waals surface area contributed by atoms with E-state index in [-0.39, 0.29) is 21.4 Å². The first-order valence-corrected chi connectivity index (χ1v) is 11.0. The zero-order chi connectivity index (χ0) is 24.9. The van der Waals surface area contributed by atoms with Crippen LogP contribution in [0.2, 0.25) is 10.0 Å². The number of nitro benzene ring substituents is 1. The number of carboxylic acid groups (broad SMARTS) is 1. The Labute approximate surface area is 206 Å². The summed E-state index contributed by atoms with van der Waals surface area (Å²) in [6.45, 7) is 3.67. The van der Waals surface area contributed by atoms with E-state index in [9.17, 15) is 10.1 Å². The van der Waals surface area contributed by atoms with Gasteiger partial charge in [0, 0.05) is 30.2 Å². The number of aromatic nitrogens is 1. The molecular weight excluding hydrogens is 481 g/mol. The second kappa shape index (κ2) is 14.0. The summed E-state index contributed by atoms with van der Waals surface area (Å²) in [6.07, 6.45) is 4.99. The van der Waals surface area contributed by atoms with Crippen LogP contribution < -0.4 is 15.0 Å². The van der Waals surface area contributed by atoms with Gasteiger partial charge < -0.3 is 15.2 Å². The largest absolute Gasteiger partial charge is 0.550 e. The van der Waals surface area contributed by atoms with Crippen LogP contribution in [0.3, 0.4) is 0 Å². The minimum absolute atomic E-state index is 0.0781. The molecule has 0 aliphatic heterocycles. The molecule has 0 radical (unpaired) electrons. The van der Waals surface area contributed by atoms with E-state index in [2.05, 4.69) is 20.1 Å². The molecule has 0 spiro atoms. The molecule has 0 saturated carbocycles. The number of nitrogens with one attached hydrogen (secondary N) is 1. The van der Waals surface area contributed by atoms with Crippen LogP contribution in [0.4, 0.5) is 17.1 Å². The summed E-state index contributed by atoms with van der Waals surface area (Å²) in [4.78, 5) is 19.2. The maximum absolute atomic E-state index is 10.8. The van der Waals surface area contributed by atoms with Crippen molar-refractivity contribution in [3.63, 3.8) is 0 Å². The number of halogens is 2. The van der Waals surface area contributed by atoms with Gasteiger partial charge >= 0.3 is 0 Å². The molecule has 11 heteroatoms. The molecule has 2 aromatic carbocycles. The zero-order valence-corrected chi connectivity index (χ0v) is 19.9. The van der Waals surface area contributed by atoms with E-state index in [1.165, 1.54) is 17.7 Å².